The molecule has 1 aliphatic rings. The van der Waals surface area contributed by atoms with Gasteiger partial charge in [0.15, 0.2) is 0 Å². The Kier molecular flexibility index (Phi) is 10.4. The standard InChI is InChI=1S/C40H32ClF3N2O5/c41-32-17-12-30(13-18-32)39(50)46-21-20-28-14-19-33(51-24-25-6-15-31(16-7-25)40(42,43)44)22-34(28)37(46)38(49)45-35(23-36(47)48)29-10-8-27(9-11-29)26-4-2-1-3-5-26/h1-19,22,35,37H,20-21,23-24H2,(H,45,49)(H,47,48). The number of hydrogen-bond donors (Lipinski definition) is 2. The highest BCUT2D eigenvalue weighted by atomic mass is 35.5. The number of carbonyl (C=O) groups is 3. The van der Waals surface area contributed by atoms with Crippen LogP contribution in [0.3, 0.4) is 0 Å². The van der Waals surface area contributed by atoms with Crippen LogP contribution in [0.25, 0.3) is 11.1 Å². The molecule has 2 amide bonds. The fraction of sp³-hybridized carbons (Fsp3) is 0.175. The van der Waals surface area contributed by atoms with Gasteiger partial charge in [-0.1, -0.05) is 84.4 Å². The molecule has 2 unspecified atom stereocenters. The number of hydrogen-bond acceptors (Lipinski definition) is 4. The molecule has 5 aromatic carbocycles. The maximum Gasteiger partial charge on any atom is 0.416 e. The molecule has 260 valence electrons. The van der Waals surface area contributed by atoms with E-state index in [1.807, 2.05) is 42.5 Å². The summed E-state index contributed by atoms with van der Waals surface area (Å²) in [6, 6.07) is 30.9. The van der Waals surface area contributed by atoms with Crippen molar-refractivity contribution in [3.63, 3.8) is 0 Å². The third-order valence-electron chi connectivity index (χ3n) is 8.75. The predicted octanol–water partition coefficient (Wildman–Crippen LogP) is 8.68. The lowest BCUT2D eigenvalue weighted by Crippen LogP contribution is -2.48. The van der Waals surface area contributed by atoms with Gasteiger partial charge in [-0.3, -0.25) is 14.4 Å². The van der Waals surface area contributed by atoms with Gasteiger partial charge in [-0.2, -0.15) is 13.2 Å². The van der Waals surface area contributed by atoms with E-state index in [2.05, 4.69) is 5.32 Å². The van der Waals surface area contributed by atoms with Gasteiger partial charge in [0.05, 0.1) is 18.0 Å². The number of alkyl halides is 3. The van der Waals surface area contributed by atoms with Crippen molar-refractivity contribution in [3.05, 3.63) is 160 Å². The number of nitrogens with zero attached hydrogens (tertiary/aromatic N) is 1. The molecular formula is C40H32ClF3N2O5. The van der Waals surface area contributed by atoms with Crippen LogP contribution < -0.4 is 10.1 Å². The van der Waals surface area contributed by atoms with Gasteiger partial charge in [-0.25, -0.2) is 0 Å². The fourth-order valence-corrected chi connectivity index (χ4v) is 6.24. The quantitative estimate of drug-likeness (QED) is 0.151. The van der Waals surface area contributed by atoms with Gasteiger partial charge in [0.25, 0.3) is 5.91 Å². The monoisotopic (exact) mass is 712 g/mol. The molecular weight excluding hydrogens is 681 g/mol. The Morgan fingerprint density at radius 3 is 2.18 bits per heavy atom. The van der Waals surface area contributed by atoms with Crippen LogP contribution in [-0.4, -0.2) is 34.3 Å². The molecule has 7 nitrogen and oxygen atoms in total. The Balaban J connectivity index is 1.30. The van der Waals surface area contributed by atoms with Gasteiger partial charge < -0.3 is 20.1 Å². The number of ether oxygens (including phenoxy) is 1. The number of benzene rings is 5. The third kappa shape index (κ3) is 8.41. The van der Waals surface area contributed by atoms with Crippen LogP contribution in [0.1, 0.15) is 56.7 Å². The zero-order valence-electron chi connectivity index (χ0n) is 27.1. The van der Waals surface area contributed by atoms with E-state index in [4.69, 9.17) is 16.3 Å². The number of aliphatic carboxylic acids is 1. The zero-order chi connectivity index (χ0) is 36.1. The van der Waals surface area contributed by atoms with Crippen molar-refractivity contribution in [2.75, 3.05) is 6.54 Å². The van der Waals surface area contributed by atoms with E-state index >= 15 is 0 Å². The molecule has 0 spiro atoms. The molecule has 2 N–H and O–H groups in total. The first-order valence-electron chi connectivity index (χ1n) is 16.1. The summed E-state index contributed by atoms with van der Waals surface area (Å²) in [4.78, 5) is 41.8. The summed E-state index contributed by atoms with van der Waals surface area (Å²) in [5.74, 6) is -1.79. The van der Waals surface area contributed by atoms with Crippen molar-refractivity contribution in [3.8, 4) is 16.9 Å². The number of carboxylic acid groups (broad SMARTS) is 1. The molecule has 0 saturated carbocycles. The first-order valence-corrected chi connectivity index (χ1v) is 16.5. The molecule has 0 saturated heterocycles. The molecule has 1 aliphatic heterocycles. The van der Waals surface area contributed by atoms with Crippen LogP contribution in [0.5, 0.6) is 5.75 Å². The molecule has 0 radical (unpaired) electrons. The molecule has 6 rings (SSSR count). The van der Waals surface area contributed by atoms with Gasteiger partial charge >= 0.3 is 12.1 Å². The average molecular weight is 713 g/mol. The van der Waals surface area contributed by atoms with E-state index < -0.39 is 48.0 Å². The van der Waals surface area contributed by atoms with Crippen LogP contribution in [0.4, 0.5) is 13.2 Å². The summed E-state index contributed by atoms with van der Waals surface area (Å²) in [5, 5.41) is 13.2. The number of halogens is 4. The lowest BCUT2D eigenvalue weighted by atomic mass is 9.90. The van der Waals surface area contributed by atoms with Gasteiger partial charge in [0.1, 0.15) is 18.4 Å². The largest absolute Gasteiger partial charge is 0.489 e. The summed E-state index contributed by atoms with van der Waals surface area (Å²) < 4.78 is 45.1. The Bertz CT molecular complexity index is 2020. The second kappa shape index (κ2) is 15.1. The molecule has 0 fully saturated rings. The molecule has 0 bridgehead atoms. The van der Waals surface area contributed by atoms with Gasteiger partial charge in [-0.15, -0.1) is 0 Å². The highest BCUT2D eigenvalue weighted by molar-refractivity contribution is 6.30. The SMILES string of the molecule is O=C(O)CC(NC(=O)C1c2cc(OCc3ccc(C(F)(F)F)cc3)ccc2CCN1C(=O)c1ccc(Cl)cc1)c1ccc(-c2ccccc2)cc1. The van der Waals surface area contributed by atoms with Gasteiger partial charge in [0, 0.05) is 17.1 Å². The van der Waals surface area contributed by atoms with E-state index in [-0.39, 0.29) is 13.2 Å². The number of fused-ring (bicyclic) bond motifs is 1. The average Bonchev–Trinajstić information content (AvgIpc) is 3.13. The summed E-state index contributed by atoms with van der Waals surface area (Å²) in [6.45, 7) is 0.161. The minimum absolute atomic E-state index is 0.0408. The molecule has 51 heavy (non-hydrogen) atoms. The molecule has 0 aliphatic carbocycles. The van der Waals surface area contributed by atoms with Crippen LogP contribution >= 0.6 is 11.6 Å². The highest BCUT2D eigenvalue weighted by Crippen LogP contribution is 2.36. The lowest BCUT2D eigenvalue weighted by Gasteiger charge is -2.37. The van der Waals surface area contributed by atoms with Crippen molar-refractivity contribution < 1.29 is 37.4 Å². The van der Waals surface area contributed by atoms with Crippen LogP contribution in [-0.2, 0) is 28.8 Å². The summed E-state index contributed by atoms with van der Waals surface area (Å²) in [7, 11) is 0. The maximum absolute atomic E-state index is 14.4. The van der Waals surface area contributed by atoms with Crippen molar-refractivity contribution in [2.24, 2.45) is 0 Å². The second-order valence-electron chi connectivity index (χ2n) is 12.1. The van der Waals surface area contributed by atoms with E-state index in [1.54, 1.807) is 54.6 Å². The third-order valence-corrected chi connectivity index (χ3v) is 9.00. The molecule has 0 aromatic heterocycles. The first kappa shape index (κ1) is 35.2. The zero-order valence-corrected chi connectivity index (χ0v) is 27.8. The Morgan fingerprint density at radius 1 is 0.863 bits per heavy atom. The van der Waals surface area contributed by atoms with Crippen LogP contribution in [0, 0.1) is 0 Å². The van der Waals surface area contributed by atoms with E-state index in [0.29, 0.717) is 39.4 Å². The summed E-state index contributed by atoms with van der Waals surface area (Å²) in [6.07, 6.45) is -4.44. The van der Waals surface area contributed by atoms with E-state index in [1.165, 1.54) is 17.0 Å². The Labute approximate surface area is 297 Å². The number of nitrogens with one attached hydrogen (secondary N) is 1. The Hall–Kier alpha value is -5.61. The minimum atomic E-state index is -4.46. The van der Waals surface area contributed by atoms with Crippen LogP contribution in [0.2, 0.25) is 5.02 Å². The number of rotatable bonds is 10. The molecule has 1 heterocycles. The highest BCUT2D eigenvalue weighted by Gasteiger charge is 2.38. The predicted molar refractivity (Wildman–Crippen MR) is 186 cm³/mol. The lowest BCUT2D eigenvalue weighted by molar-refractivity contribution is -0.138. The van der Waals surface area contributed by atoms with Crippen molar-refractivity contribution in [2.45, 2.75) is 37.7 Å². The van der Waals surface area contributed by atoms with E-state index in [0.717, 1.165) is 28.8 Å². The second-order valence-corrected chi connectivity index (χ2v) is 12.6. The van der Waals surface area contributed by atoms with Crippen LogP contribution in [0.15, 0.2) is 121 Å². The maximum atomic E-state index is 14.4. The molecule has 2 atom stereocenters. The number of amides is 2. The minimum Gasteiger partial charge on any atom is -0.489 e. The fourth-order valence-electron chi connectivity index (χ4n) is 6.12. The number of carbonyl (C=O) groups excluding carboxylic acids is 2. The molecule has 11 heteroatoms. The smallest absolute Gasteiger partial charge is 0.416 e. The van der Waals surface area contributed by atoms with E-state index in [9.17, 15) is 32.7 Å². The normalized spacial score (nSPS) is 14.7. The van der Waals surface area contributed by atoms with Gasteiger partial charge in [0.2, 0.25) is 5.91 Å². The van der Waals surface area contributed by atoms with Crippen molar-refractivity contribution in [1.29, 1.82) is 0 Å². The summed E-state index contributed by atoms with van der Waals surface area (Å²) in [5.41, 5.74) is 3.80. The molecule has 5 aromatic rings. The van der Waals surface area contributed by atoms with Crippen molar-refractivity contribution in [1.82, 2.24) is 10.2 Å². The number of carboxylic acids is 1. The topological polar surface area (TPSA) is 95.9 Å². The Morgan fingerprint density at radius 2 is 1.53 bits per heavy atom. The first-order chi connectivity index (χ1) is 24.5. The summed E-state index contributed by atoms with van der Waals surface area (Å²) >= 11 is 6.07. The van der Waals surface area contributed by atoms with Gasteiger partial charge in [-0.05, 0) is 88.3 Å². The van der Waals surface area contributed by atoms with Crippen molar-refractivity contribution >= 4 is 29.4 Å².